The quantitative estimate of drug-likeness (QED) is 0.644. The maximum atomic E-state index is 11.9. The number of methoxy groups -OCH3 is 1. The number of aliphatic hydroxyl groups is 1. The van der Waals surface area contributed by atoms with Gasteiger partial charge in [-0.3, -0.25) is 4.79 Å². The Bertz CT molecular complexity index is 875. The van der Waals surface area contributed by atoms with Crippen LogP contribution in [0.3, 0.4) is 0 Å². The molecule has 7 heteroatoms. The van der Waals surface area contributed by atoms with E-state index in [1.807, 2.05) is 24.3 Å². The standard InChI is InChI=1S/C18H16ClN3O3/c1-25-15-10-14(21-17(19)22-15)13-4-2-3-12(9-13)5-6-18(11-23)7-8-20-16(18)24/h2-4,9-10,23H,7-8,11H2,1H3,(H,20,24)/t18-/m0/s1. The number of nitrogens with zero attached hydrogens (tertiary/aromatic N) is 2. The van der Waals surface area contributed by atoms with Gasteiger partial charge in [0.2, 0.25) is 17.1 Å². The number of ether oxygens (including phenoxy) is 1. The number of aliphatic hydroxyl groups excluding tert-OH is 1. The van der Waals surface area contributed by atoms with Gasteiger partial charge in [-0.25, -0.2) is 4.98 Å². The van der Waals surface area contributed by atoms with Crippen molar-refractivity contribution in [2.75, 3.05) is 20.3 Å². The van der Waals surface area contributed by atoms with E-state index in [1.165, 1.54) is 7.11 Å². The van der Waals surface area contributed by atoms with Gasteiger partial charge in [-0.05, 0) is 30.2 Å². The number of carbonyl (C=O) groups is 1. The molecule has 128 valence electrons. The van der Waals surface area contributed by atoms with Crippen LogP contribution in [0.4, 0.5) is 0 Å². The highest BCUT2D eigenvalue weighted by Crippen LogP contribution is 2.26. The molecule has 1 atom stereocenters. The van der Waals surface area contributed by atoms with Crippen molar-refractivity contribution in [3.63, 3.8) is 0 Å². The predicted octanol–water partition coefficient (Wildman–Crippen LogP) is 1.66. The number of nitrogens with one attached hydrogen (secondary N) is 1. The number of aromatic nitrogens is 2. The number of halogens is 1. The monoisotopic (exact) mass is 357 g/mol. The van der Waals surface area contributed by atoms with Gasteiger partial charge >= 0.3 is 0 Å². The fraction of sp³-hybridized carbons (Fsp3) is 0.278. The minimum Gasteiger partial charge on any atom is -0.481 e. The second-order valence-electron chi connectivity index (χ2n) is 5.64. The minimum atomic E-state index is -1.03. The predicted molar refractivity (Wildman–Crippen MR) is 93.1 cm³/mol. The summed E-state index contributed by atoms with van der Waals surface area (Å²) >= 11 is 5.92. The molecule has 1 aliphatic rings. The van der Waals surface area contributed by atoms with Crippen LogP contribution in [0.25, 0.3) is 11.3 Å². The van der Waals surface area contributed by atoms with Crippen molar-refractivity contribution in [2.24, 2.45) is 5.41 Å². The van der Waals surface area contributed by atoms with Gasteiger partial charge in [0, 0.05) is 23.7 Å². The van der Waals surface area contributed by atoms with Crippen molar-refractivity contribution < 1.29 is 14.6 Å². The van der Waals surface area contributed by atoms with E-state index >= 15 is 0 Å². The van der Waals surface area contributed by atoms with E-state index in [1.54, 1.807) is 6.07 Å². The average molecular weight is 358 g/mol. The van der Waals surface area contributed by atoms with Crippen LogP contribution in [-0.2, 0) is 4.79 Å². The fourth-order valence-electron chi connectivity index (χ4n) is 2.58. The second kappa shape index (κ2) is 7.09. The Hall–Kier alpha value is -2.62. The Morgan fingerprint density at radius 2 is 2.24 bits per heavy atom. The molecule has 1 fully saturated rings. The highest BCUT2D eigenvalue weighted by Gasteiger charge is 2.40. The van der Waals surface area contributed by atoms with Crippen LogP contribution in [0.1, 0.15) is 12.0 Å². The molecule has 1 aliphatic heterocycles. The molecular formula is C18H16ClN3O3. The summed E-state index contributed by atoms with van der Waals surface area (Å²) in [5, 5.41) is 12.4. The van der Waals surface area contributed by atoms with Crippen molar-refractivity contribution in [3.05, 3.63) is 41.2 Å². The molecule has 2 aromatic rings. The Kier molecular flexibility index (Phi) is 4.88. The van der Waals surface area contributed by atoms with Gasteiger partial charge in [0.25, 0.3) is 0 Å². The summed E-state index contributed by atoms with van der Waals surface area (Å²) in [6.45, 7) is 0.220. The highest BCUT2D eigenvalue weighted by atomic mass is 35.5. The number of benzene rings is 1. The summed E-state index contributed by atoms with van der Waals surface area (Å²) in [4.78, 5) is 20.1. The molecule has 0 spiro atoms. The molecule has 1 aromatic heterocycles. The molecule has 0 saturated carbocycles. The molecule has 0 aliphatic carbocycles. The molecule has 25 heavy (non-hydrogen) atoms. The maximum absolute atomic E-state index is 11.9. The third-order valence-electron chi connectivity index (χ3n) is 4.03. The van der Waals surface area contributed by atoms with Gasteiger partial charge in [0.1, 0.15) is 5.41 Å². The van der Waals surface area contributed by atoms with E-state index < -0.39 is 5.41 Å². The zero-order valence-corrected chi connectivity index (χ0v) is 14.3. The molecule has 2 N–H and O–H groups in total. The second-order valence-corrected chi connectivity index (χ2v) is 5.98. The van der Waals surface area contributed by atoms with Crippen LogP contribution in [0.2, 0.25) is 5.28 Å². The highest BCUT2D eigenvalue weighted by molar-refractivity contribution is 6.28. The van der Waals surface area contributed by atoms with Crippen molar-refractivity contribution >= 4 is 17.5 Å². The smallest absolute Gasteiger partial charge is 0.240 e. The minimum absolute atomic E-state index is 0.0905. The number of hydrogen-bond donors (Lipinski definition) is 2. The number of rotatable bonds is 3. The number of hydrogen-bond acceptors (Lipinski definition) is 5. The molecular weight excluding hydrogens is 342 g/mol. The van der Waals surface area contributed by atoms with E-state index in [0.29, 0.717) is 30.1 Å². The topological polar surface area (TPSA) is 84.3 Å². The Morgan fingerprint density at radius 1 is 1.40 bits per heavy atom. The average Bonchev–Trinajstić information content (AvgIpc) is 3.00. The van der Waals surface area contributed by atoms with Crippen molar-refractivity contribution in [1.29, 1.82) is 0 Å². The van der Waals surface area contributed by atoms with Gasteiger partial charge in [-0.1, -0.05) is 24.0 Å². The Morgan fingerprint density at radius 3 is 2.92 bits per heavy atom. The molecule has 1 amide bonds. The van der Waals surface area contributed by atoms with Crippen LogP contribution in [0.5, 0.6) is 5.88 Å². The summed E-state index contributed by atoms with van der Waals surface area (Å²) in [5.74, 6) is 6.05. The van der Waals surface area contributed by atoms with Gasteiger partial charge in [-0.2, -0.15) is 4.98 Å². The molecule has 1 saturated heterocycles. The zero-order chi connectivity index (χ0) is 17.9. The molecule has 1 aromatic carbocycles. The summed E-state index contributed by atoms with van der Waals surface area (Å²) in [6.07, 6.45) is 0.494. The van der Waals surface area contributed by atoms with Crippen molar-refractivity contribution in [3.8, 4) is 29.0 Å². The molecule has 3 rings (SSSR count). The molecule has 2 heterocycles. The van der Waals surface area contributed by atoms with E-state index in [-0.39, 0.29) is 17.8 Å². The van der Waals surface area contributed by atoms with E-state index in [4.69, 9.17) is 16.3 Å². The molecule has 0 bridgehead atoms. The summed E-state index contributed by atoms with van der Waals surface area (Å²) in [6, 6.07) is 9.05. The van der Waals surface area contributed by atoms with Gasteiger partial charge < -0.3 is 15.2 Å². The SMILES string of the molecule is COc1cc(-c2cccc(C#C[C@@]3(CO)CCNC3=O)c2)nc(Cl)n1. The summed E-state index contributed by atoms with van der Waals surface area (Å²) in [5.41, 5.74) is 1.08. The lowest BCUT2D eigenvalue weighted by molar-refractivity contribution is -0.126. The van der Waals surface area contributed by atoms with Crippen LogP contribution in [0.15, 0.2) is 30.3 Å². The number of carbonyl (C=O) groups excluding carboxylic acids is 1. The van der Waals surface area contributed by atoms with E-state index in [0.717, 1.165) is 5.56 Å². The molecule has 6 nitrogen and oxygen atoms in total. The maximum Gasteiger partial charge on any atom is 0.240 e. The van der Waals surface area contributed by atoms with Crippen LogP contribution < -0.4 is 10.1 Å². The Labute approximate surface area is 150 Å². The first kappa shape index (κ1) is 17.2. The third kappa shape index (κ3) is 3.58. The lowest BCUT2D eigenvalue weighted by Crippen LogP contribution is -2.33. The van der Waals surface area contributed by atoms with E-state index in [9.17, 15) is 9.90 Å². The lowest BCUT2D eigenvalue weighted by Gasteiger charge is -2.15. The zero-order valence-electron chi connectivity index (χ0n) is 13.5. The summed E-state index contributed by atoms with van der Waals surface area (Å²) < 4.78 is 5.11. The fourth-order valence-corrected chi connectivity index (χ4v) is 2.75. The van der Waals surface area contributed by atoms with Crippen LogP contribution in [-0.4, -0.2) is 41.2 Å². The van der Waals surface area contributed by atoms with Crippen molar-refractivity contribution in [2.45, 2.75) is 6.42 Å². The lowest BCUT2D eigenvalue weighted by atomic mass is 9.88. The first-order valence-electron chi connectivity index (χ1n) is 7.68. The first-order valence-corrected chi connectivity index (χ1v) is 8.05. The molecule has 0 unspecified atom stereocenters. The normalized spacial score (nSPS) is 19.1. The van der Waals surface area contributed by atoms with Gasteiger partial charge in [0.05, 0.1) is 19.4 Å². The first-order chi connectivity index (χ1) is 12.1. The largest absolute Gasteiger partial charge is 0.481 e. The molecule has 0 radical (unpaired) electrons. The summed E-state index contributed by atoms with van der Waals surface area (Å²) in [7, 11) is 1.51. The van der Waals surface area contributed by atoms with Crippen LogP contribution >= 0.6 is 11.6 Å². The van der Waals surface area contributed by atoms with Crippen LogP contribution in [0, 0.1) is 17.3 Å². The van der Waals surface area contributed by atoms with Crippen molar-refractivity contribution in [1.82, 2.24) is 15.3 Å². The third-order valence-corrected chi connectivity index (χ3v) is 4.20. The number of amides is 1. The van der Waals surface area contributed by atoms with Gasteiger partial charge in [0.15, 0.2) is 0 Å². The van der Waals surface area contributed by atoms with Gasteiger partial charge in [-0.15, -0.1) is 0 Å². The Balaban J connectivity index is 1.95. The van der Waals surface area contributed by atoms with E-state index in [2.05, 4.69) is 27.1 Å².